The van der Waals surface area contributed by atoms with Crippen molar-refractivity contribution in [3.8, 4) is 11.4 Å². The number of amides is 1. The molecule has 2 aromatic rings. The van der Waals surface area contributed by atoms with Gasteiger partial charge in [0.2, 0.25) is 5.91 Å². The maximum absolute atomic E-state index is 11.1. The van der Waals surface area contributed by atoms with Crippen molar-refractivity contribution in [2.24, 2.45) is 5.84 Å². The molecule has 0 radical (unpaired) electrons. The van der Waals surface area contributed by atoms with Gasteiger partial charge in [-0.15, -0.1) is 0 Å². The number of hydrazine groups is 1. The van der Waals surface area contributed by atoms with Gasteiger partial charge in [0.15, 0.2) is 5.82 Å². The third-order valence-corrected chi connectivity index (χ3v) is 3.46. The van der Waals surface area contributed by atoms with Gasteiger partial charge < -0.3 is 5.73 Å². The Morgan fingerprint density at radius 3 is 2.85 bits per heavy atom. The van der Waals surface area contributed by atoms with Gasteiger partial charge >= 0.3 is 0 Å². The number of thioether (sulfide) groups is 1. The molecule has 0 aliphatic rings. The summed E-state index contributed by atoms with van der Waals surface area (Å²) in [6.45, 7) is 0. The van der Waals surface area contributed by atoms with Gasteiger partial charge in [-0.2, -0.15) is 0 Å². The second kappa shape index (κ2) is 6.56. The number of anilines is 1. The maximum atomic E-state index is 11.1. The number of hydrogen-bond donors (Lipinski definition) is 3. The number of nitrogens with zero attached hydrogens (tertiary/aromatic N) is 2. The van der Waals surface area contributed by atoms with Gasteiger partial charge in [-0.3, -0.25) is 10.2 Å². The molecular formula is C12H12ClN5OS. The standard InChI is InChI=1S/C12H12ClN5OS/c13-8-3-1-2-7(4-8)12-16-9(14)5-11(17-12)20-6-10(19)18-15/h1-5H,6,15H2,(H,18,19)(H2,14,16,17). The summed E-state index contributed by atoms with van der Waals surface area (Å²) < 4.78 is 0. The minimum absolute atomic E-state index is 0.155. The van der Waals surface area contributed by atoms with Gasteiger partial charge in [0.05, 0.1) is 5.75 Å². The number of nitrogens with two attached hydrogens (primary N) is 2. The molecule has 5 N–H and O–H groups in total. The molecule has 1 amide bonds. The molecule has 104 valence electrons. The average molecular weight is 310 g/mol. The Bertz CT molecular complexity index is 637. The molecule has 20 heavy (non-hydrogen) atoms. The van der Waals surface area contributed by atoms with E-state index in [9.17, 15) is 4.79 Å². The number of nitrogens with one attached hydrogen (secondary N) is 1. The Hall–Kier alpha value is -1.83. The number of hydrogen-bond acceptors (Lipinski definition) is 6. The lowest BCUT2D eigenvalue weighted by molar-refractivity contribution is -0.118. The summed E-state index contributed by atoms with van der Waals surface area (Å²) in [5.74, 6) is 5.66. The zero-order valence-electron chi connectivity index (χ0n) is 10.3. The monoisotopic (exact) mass is 309 g/mol. The lowest BCUT2D eigenvalue weighted by Crippen LogP contribution is -2.31. The first kappa shape index (κ1) is 14.6. The first-order chi connectivity index (χ1) is 9.58. The van der Waals surface area contributed by atoms with Crippen LogP contribution in [-0.2, 0) is 4.79 Å². The average Bonchev–Trinajstić information content (AvgIpc) is 2.44. The molecule has 1 heterocycles. The second-order valence-corrected chi connectivity index (χ2v) is 5.25. The molecule has 0 spiro atoms. The topological polar surface area (TPSA) is 107 Å². The van der Waals surface area contributed by atoms with E-state index in [2.05, 4.69) is 15.4 Å². The summed E-state index contributed by atoms with van der Waals surface area (Å²) in [4.78, 5) is 19.6. The molecule has 0 fully saturated rings. The van der Waals surface area contributed by atoms with Crippen LogP contribution >= 0.6 is 23.4 Å². The molecule has 2 rings (SSSR count). The van der Waals surface area contributed by atoms with Crippen molar-refractivity contribution in [1.29, 1.82) is 0 Å². The van der Waals surface area contributed by atoms with E-state index in [0.717, 1.165) is 5.56 Å². The highest BCUT2D eigenvalue weighted by molar-refractivity contribution is 7.99. The molecule has 0 atom stereocenters. The molecule has 0 aliphatic heterocycles. The van der Waals surface area contributed by atoms with E-state index in [1.54, 1.807) is 24.3 Å². The Balaban J connectivity index is 2.26. The molecule has 0 bridgehead atoms. The Kier molecular flexibility index (Phi) is 4.78. The van der Waals surface area contributed by atoms with Gasteiger partial charge in [0.25, 0.3) is 0 Å². The van der Waals surface area contributed by atoms with Crippen LogP contribution in [0, 0.1) is 0 Å². The number of aromatic nitrogens is 2. The SMILES string of the molecule is NNC(=O)CSc1cc(N)nc(-c2cccc(Cl)c2)n1. The maximum Gasteiger partial charge on any atom is 0.244 e. The van der Waals surface area contributed by atoms with Crippen LogP contribution in [-0.4, -0.2) is 21.6 Å². The minimum atomic E-state index is -0.295. The van der Waals surface area contributed by atoms with E-state index in [1.807, 2.05) is 6.07 Å². The van der Waals surface area contributed by atoms with E-state index in [0.29, 0.717) is 21.7 Å². The summed E-state index contributed by atoms with van der Waals surface area (Å²) in [6.07, 6.45) is 0. The van der Waals surface area contributed by atoms with Crippen molar-refractivity contribution in [2.75, 3.05) is 11.5 Å². The zero-order valence-corrected chi connectivity index (χ0v) is 11.9. The first-order valence-corrected chi connectivity index (χ1v) is 6.97. The number of nitrogen functional groups attached to an aromatic ring is 1. The summed E-state index contributed by atoms with van der Waals surface area (Å²) >= 11 is 7.16. The Labute approximate surface area is 124 Å². The van der Waals surface area contributed by atoms with E-state index in [4.69, 9.17) is 23.2 Å². The van der Waals surface area contributed by atoms with Crippen LogP contribution in [0.15, 0.2) is 35.4 Å². The van der Waals surface area contributed by atoms with Crippen LogP contribution in [0.25, 0.3) is 11.4 Å². The summed E-state index contributed by atoms with van der Waals surface area (Å²) in [6, 6.07) is 8.75. The fourth-order valence-electron chi connectivity index (χ4n) is 1.45. The van der Waals surface area contributed by atoms with Gasteiger partial charge in [-0.1, -0.05) is 35.5 Å². The number of halogens is 1. The molecule has 0 aliphatic carbocycles. The van der Waals surface area contributed by atoms with Gasteiger partial charge in [0, 0.05) is 16.7 Å². The van der Waals surface area contributed by atoms with Crippen molar-refractivity contribution in [1.82, 2.24) is 15.4 Å². The highest BCUT2D eigenvalue weighted by atomic mass is 35.5. The fourth-order valence-corrected chi connectivity index (χ4v) is 2.36. The van der Waals surface area contributed by atoms with Crippen molar-refractivity contribution >= 4 is 35.1 Å². The van der Waals surface area contributed by atoms with Crippen molar-refractivity contribution in [3.05, 3.63) is 35.4 Å². The fraction of sp³-hybridized carbons (Fsp3) is 0.0833. The lowest BCUT2D eigenvalue weighted by atomic mass is 10.2. The Morgan fingerprint density at radius 1 is 1.35 bits per heavy atom. The molecule has 0 saturated heterocycles. The molecule has 0 unspecified atom stereocenters. The summed E-state index contributed by atoms with van der Waals surface area (Å²) in [5, 5.41) is 1.18. The largest absolute Gasteiger partial charge is 0.384 e. The molecular weight excluding hydrogens is 298 g/mol. The van der Waals surface area contributed by atoms with E-state index < -0.39 is 0 Å². The molecule has 1 aromatic heterocycles. The van der Waals surface area contributed by atoms with Crippen LogP contribution in [0.5, 0.6) is 0 Å². The van der Waals surface area contributed by atoms with Crippen molar-refractivity contribution < 1.29 is 4.79 Å². The molecule has 6 nitrogen and oxygen atoms in total. The van der Waals surface area contributed by atoms with Gasteiger partial charge in [-0.25, -0.2) is 15.8 Å². The van der Waals surface area contributed by atoms with Crippen LogP contribution in [0.1, 0.15) is 0 Å². The third-order valence-electron chi connectivity index (χ3n) is 2.32. The normalized spacial score (nSPS) is 10.3. The predicted octanol–water partition coefficient (Wildman–Crippen LogP) is 1.46. The van der Waals surface area contributed by atoms with Crippen LogP contribution in [0.2, 0.25) is 5.02 Å². The Morgan fingerprint density at radius 2 is 2.15 bits per heavy atom. The molecule has 0 saturated carbocycles. The number of carbonyl (C=O) groups excluding carboxylic acids is 1. The molecule has 1 aromatic carbocycles. The zero-order chi connectivity index (χ0) is 14.5. The minimum Gasteiger partial charge on any atom is -0.384 e. The highest BCUT2D eigenvalue weighted by Crippen LogP contribution is 2.24. The van der Waals surface area contributed by atoms with E-state index in [1.165, 1.54) is 11.8 Å². The van der Waals surface area contributed by atoms with E-state index >= 15 is 0 Å². The smallest absolute Gasteiger partial charge is 0.244 e. The third kappa shape index (κ3) is 3.83. The predicted molar refractivity (Wildman–Crippen MR) is 79.9 cm³/mol. The van der Waals surface area contributed by atoms with Crippen LogP contribution < -0.4 is 17.0 Å². The second-order valence-electron chi connectivity index (χ2n) is 3.82. The number of rotatable bonds is 4. The number of carbonyl (C=O) groups is 1. The first-order valence-electron chi connectivity index (χ1n) is 5.61. The van der Waals surface area contributed by atoms with Crippen molar-refractivity contribution in [2.45, 2.75) is 5.03 Å². The van der Waals surface area contributed by atoms with Crippen LogP contribution in [0.4, 0.5) is 5.82 Å². The lowest BCUT2D eigenvalue weighted by Gasteiger charge is -2.06. The van der Waals surface area contributed by atoms with Gasteiger partial charge in [0.1, 0.15) is 10.8 Å². The molecule has 8 heteroatoms. The summed E-state index contributed by atoms with van der Waals surface area (Å²) in [5.41, 5.74) is 8.56. The van der Waals surface area contributed by atoms with Gasteiger partial charge in [-0.05, 0) is 12.1 Å². The summed E-state index contributed by atoms with van der Waals surface area (Å²) in [7, 11) is 0. The quantitative estimate of drug-likeness (QED) is 0.259. The van der Waals surface area contributed by atoms with Crippen LogP contribution in [0.3, 0.4) is 0 Å². The van der Waals surface area contributed by atoms with E-state index in [-0.39, 0.29) is 11.7 Å². The number of benzene rings is 1. The van der Waals surface area contributed by atoms with Crippen molar-refractivity contribution in [3.63, 3.8) is 0 Å². The highest BCUT2D eigenvalue weighted by Gasteiger charge is 2.08.